The molecule has 142 valence electrons. The zero-order valence-electron chi connectivity index (χ0n) is 15.1. The molecule has 0 fully saturated rings. The van der Waals surface area contributed by atoms with Gasteiger partial charge >= 0.3 is 0 Å². The predicted molar refractivity (Wildman–Crippen MR) is 113 cm³/mol. The Morgan fingerprint density at radius 1 is 0.964 bits per heavy atom. The first-order chi connectivity index (χ1) is 13.3. The van der Waals surface area contributed by atoms with Crippen molar-refractivity contribution < 1.29 is 13.2 Å². The Morgan fingerprint density at radius 3 is 2.39 bits per heavy atom. The summed E-state index contributed by atoms with van der Waals surface area (Å²) in [6.45, 7) is 1.89. The van der Waals surface area contributed by atoms with Crippen LogP contribution in [0.2, 0.25) is 5.02 Å². The van der Waals surface area contributed by atoms with Gasteiger partial charge in [0.1, 0.15) is 0 Å². The van der Waals surface area contributed by atoms with E-state index in [-0.39, 0.29) is 10.7 Å². The van der Waals surface area contributed by atoms with E-state index in [0.717, 1.165) is 5.56 Å². The number of hydrogen-bond donors (Lipinski definition) is 1. The third kappa shape index (κ3) is 4.88. The molecule has 6 heteroatoms. The largest absolute Gasteiger partial charge is 0.289 e. The average Bonchev–Trinajstić information content (AvgIpc) is 2.67. The maximum atomic E-state index is 12.6. The summed E-state index contributed by atoms with van der Waals surface area (Å²) < 4.78 is 27.9. The number of para-hydroxylation sites is 1. The summed E-state index contributed by atoms with van der Waals surface area (Å²) in [6, 6.07) is 20.1. The number of aryl methyl sites for hydroxylation is 1. The second-order valence-electron chi connectivity index (χ2n) is 6.21. The fourth-order valence-corrected chi connectivity index (χ4v) is 3.84. The first kappa shape index (κ1) is 19.9. The second kappa shape index (κ2) is 8.42. The summed E-state index contributed by atoms with van der Waals surface area (Å²) in [5, 5.41) is 0.477. The summed E-state index contributed by atoms with van der Waals surface area (Å²) >= 11 is 5.92. The van der Waals surface area contributed by atoms with E-state index in [0.29, 0.717) is 21.8 Å². The lowest BCUT2D eigenvalue weighted by Gasteiger charge is -2.11. The Hall–Kier alpha value is -2.89. The Balaban J connectivity index is 1.85. The van der Waals surface area contributed by atoms with Gasteiger partial charge in [-0.05, 0) is 55.0 Å². The third-order valence-electron chi connectivity index (χ3n) is 4.06. The molecule has 4 nitrogen and oxygen atoms in total. The monoisotopic (exact) mass is 411 g/mol. The van der Waals surface area contributed by atoms with Gasteiger partial charge < -0.3 is 0 Å². The zero-order chi connectivity index (χ0) is 20.1. The normalized spacial score (nSPS) is 11.5. The number of benzene rings is 3. The van der Waals surface area contributed by atoms with E-state index in [1.165, 1.54) is 6.08 Å². The summed E-state index contributed by atoms with van der Waals surface area (Å²) in [6.07, 6.45) is 2.97. The van der Waals surface area contributed by atoms with Crippen molar-refractivity contribution in [3.05, 3.63) is 101 Å². The Labute approximate surface area is 169 Å². The predicted octanol–water partition coefficient (Wildman–Crippen LogP) is 5.35. The van der Waals surface area contributed by atoms with E-state index in [1.807, 2.05) is 6.92 Å². The molecular formula is C22H18ClNO3S. The van der Waals surface area contributed by atoms with Gasteiger partial charge in [0.2, 0.25) is 0 Å². The molecule has 0 spiro atoms. The topological polar surface area (TPSA) is 63.2 Å². The molecule has 3 rings (SSSR count). The minimum Gasteiger partial charge on any atom is -0.289 e. The van der Waals surface area contributed by atoms with Crippen LogP contribution in [-0.2, 0) is 10.0 Å². The molecule has 0 saturated heterocycles. The van der Waals surface area contributed by atoms with Gasteiger partial charge in [-0.1, -0.05) is 59.6 Å². The zero-order valence-corrected chi connectivity index (χ0v) is 16.7. The van der Waals surface area contributed by atoms with Crippen molar-refractivity contribution >= 4 is 39.2 Å². The van der Waals surface area contributed by atoms with E-state index in [4.69, 9.17) is 11.6 Å². The van der Waals surface area contributed by atoms with Gasteiger partial charge in [0.15, 0.2) is 5.78 Å². The highest BCUT2D eigenvalue weighted by Gasteiger charge is 2.15. The SMILES string of the molecule is Cc1ccc(S(=O)(=O)Nc2ccccc2/C=C/C(=O)c2cccc(Cl)c2)cc1. The third-order valence-corrected chi connectivity index (χ3v) is 5.68. The number of carbonyl (C=O) groups excluding carboxylic acids is 1. The number of anilines is 1. The molecule has 3 aromatic rings. The van der Waals surface area contributed by atoms with Crippen LogP contribution < -0.4 is 4.72 Å². The molecule has 0 aliphatic heterocycles. The molecule has 0 bridgehead atoms. The Morgan fingerprint density at radius 2 is 1.68 bits per heavy atom. The van der Waals surface area contributed by atoms with Crippen LogP contribution in [0, 0.1) is 6.92 Å². The van der Waals surface area contributed by atoms with Crippen LogP contribution in [0.15, 0.2) is 83.8 Å². The number of allylic oxidation sites excluding steroid dienone is 1. The Kier molecular flexibility index (Phi) is 5.97. The van der Waals surface area contributed by atoms with Crippen molar-refractivity contribution in [2.75, 3.05) is 4.72 Å². The quantitative estimate of drug-likeness (QED) is 0.439. The van der Waals surface area contributed by atoms with Gasteiger partial charge in [0, 0.05) is 10.6 Å². The molecule has 0 heterocycles. The van der Waals surface area contributed by atoms with Crippen LogP contribution in [0.1, 0.15) is 21.5 Å². The highest BCUT2D eigenvalue weighted by atomic mass is 35.5. The van der Waals surface area contributed by atoms with Gasteiger partial charge in [-0.15, -0.1) is 0 Å². The van der Waals surface area contributed by atoms with E-state index >= 15 is 0 Å². The molecule has 3 aromatic carbocycles. The molecule has 1 N–H and O–H groups in total. The lowest BCUT2D eigenvalue weighted by molar-refractivity contribution is 0.104. The number of rotatable bonds is 6. The van der Waals surface area contributed by atoms with Crippen LogP contribution in [-0.4, -0.2) is 14.2 Å². The number of halogens is 1. The molecule has 0 aromatic heterocycles. The number of sulfonamides is 1. The number of ketones is 1. The van der Waals surface area contributed by atoms with Crippen LogP contribution in [0.3, 0.4) is 0 Å². The standard InChI is InChI=1S/C22H18ClNO3S/c1-16-9-12-20(13-10-16)28(26,27)24-21-8-3-2-5-17(21)11-14-22(25)18-6-4-7-19(23)15-18/h2-15,24H,1H3/b14-11+. The Bertz CT molecular complexity index is 1140. The van der Waals surface area contributed by atoms with E-state index < -0.39 is 10.0 Å². The molecular weight excluding hydrogens is 394 g/mol. The molecule has 0 amide bonds. The molecule has 0 saturated carbocycles. The van der Waals surface area contributed by atoms with E-state index in [1.54, 1.807) is 78.9 Å². The van der Waals surface area contributed by atoms with Crippen molar-refractivity contribution in [3.63, 3.8) is 0 Å². The number of carbonyl (C=O) groups is 1. The highest BCUT2D eigenvalue weighted by molar-refractivity contribution is 7.92. The first-order valence-corrected chi connectivity index (χ1v) is 10.4. The lowest BCUT2D eigenvalue weighted by atomic mass is 10.1. The maximum Gasteiger partial charge on any atom is 0.261 e. The second-order valence-corrected chi connectivity index (χ2v) is 8.33. The van der Waals surface area contributed by atoms with E-state index in [9.17, 15) is 13.2 Å². The summed E-state index contributed by atoms with van der Waals surface area (Å²) in [7, 11) is -3.74. The van der Waals surface area contributed by atoms with Crippen LogP contribution in [0.4, 0.5) is 5.69 Å². The lowest BCUT2D eigenvalue weighted by Crippen LogP contribution is -2.13. The molecule has 0 atom stereocenters. The van der Waals surface area contributed by atoms with Crippen LogP contribution in [0.5, 0.6) is 0 Å². The maximum absolute atomic E-state index is 12.6. The first-order valence-electron chi connectivity index (χ1n) is 8.52. The number of nitrogens with one attached hydrogen (secondary N) is 1. The van der Waals surface area contributed by atoms with Gasteiger partial charge in [-0.3, -0.25) is 9.52 Å². The van der Waals surface area contributed by atoms with Crippen molar-refractivity contribution in [3.8, 4) is 0 Å². The van der Waals surface area contributed by atoms with E-state index in [2.05, 4.69) is 4.72 Å². The molecule has 0 radical (unpaired) electrons. The smallest absolute Gasteiger partial charge is 0.261 e. The van der Waals surface area contributed by atoms with Crippen LogP contribution in [0.25, 0.3) is 6.08 Å². The van der Waals surface area contributed by atoms with Crippen molar-refractivity contribution in [1.29, 1.82) is 0 Å². The summed E-state index contributed by atoms with van der Waals surface area (Å²) in [5.41, 5.74) is 2.40. The molecule has 28 heavy (non-hydrogen) atoms. The van der Waals surface area contributed by atoms with Gasteiger partial charge in [0.25, 0.3) is 10.0 Å². The number of hydrogen-bond acceptors (Lipinski definition) is 3. The van der Waals surface area contributed by atoms with Crippen molar-refractivity contribution in [1.82, 2.24) is 0 Å². The summed E-state index contributed by atoms with van der Waals surface area (Å²) in [4.78, 5) is 12.5. The summed E-state index contributed by atoms with van der Waals surface area (Å²) in [5.74, 6) is -0.223. The molecule has 0 unspecified atom stereocenters. The fraction of sp³-hybridized carbons (Fsp3) is 0.0455. The van der Waals surface area contributed by atoms with Gasteiger partial charge in [-0.25, -0.2) is 8.42 Å². The highest BCUT2D eigenvalue weighted by Crippen LogP contribution is 2.22. The molecule has 0 aliphatic carbocycles. The average molecular weight is 412 g/mol. The van der Waals surface area contributed by atoms with Crippen molar-refractivity contribution in [2.45, 2.75) is 11.8 Å². The van der Waals surface area contributed by atoms with Gasteiger partial charge in [-0.2, -0.15) is 0 Å². The molecule has 0 aliphatic rings. The minimum atomic E-state index is -3.74. The van der Waals surface area contributed by atoms with Crippen LogP contribution >= 0.6 is 11.6 Å². The van der Waals surface area contributed by atoms with Crippen molar-refractivity contribution in [2.24, 2.45) is 0 Å². The fourth-order valence-electron chi connectivity index (χ4n) is 2.56. The van der Waals surface area contributed by atoms with Gasteiger partial charge in [0.05, 0.1) is 10.6 Å². The minimum absolute atomic E-state index is 0.173.